The molecule has 100 valence electrons. The van der Waals surface area contributed by atoms with Crippen molar-refractivity contribution in [2.24, 2.45) is 0 Å². The molecule has 0 bridgehead atoms. The molecule has 1 heterocycles. The molecule has 0 amide bonds. The topological polar surface area (TPSA) is 44.2 Å². The van der Waals surface area contributed by atoms with Gasteiger partial charge < -0.3 is 9.47 Å². The van der Waals surface area contributed by atoms with Crippen molar-refractivity contribution in [3.63, 3.8) is 0 Å². The largest absolute Gasteiger partial charge is 0.439 e. The third kappa shape index (κ3) is 3.76. The average molecular weight is 303 g/mol. The monoisotopic (exact) mass is 302 g/mol. The molecule has 1 aromatic heterocycles. The van der Waals surface area contributed by atoms with Gasteiger partial charge in [0.2, 0.25) is 5.88 Å². The molecular weight excluding hydrogens is 294 g/mol. The number of halogens is 3. The zero-order valence-electron chi connectivity index (χ0n) is 9.86. The lowest BCUT2D eigenvalue weighted by Crippen LogP contribution is -1.99. The molecule has 0 aliphatic rings. The maximum absolute atomic E-state index is 13.3. The molecule has 0 spiro atoms. The van der Waals surface area contributed by atoms with E-state index in [0.29, 0.717) is 5.82 Å². The Hall–Kier alpha value is -1.43. The normalized spacial score (nSPS) is 10.5. The van der Waals surface area contributed by atoms with E-state index in [0.717, 1.165) is 6.07 Å². The number of nitrogens with zero attached hydrogens (tertiary/aromatic N) is 2. The lowest BCUT2D eigenvalue weighted by Gasteiger charge is -2.07. The Morgan fingerprint density at radius 2 is 2.00 bits per heavy atom. The van der Waals surface area contributed by atoms with Crippen LogP contribution in [0.2, 0.25) is 10.2 Å². The minimum atomic E-state index is -0.573. The first-order chi connectivity index (χ1) is 9.08. The van der Waals surface area contributed by atoms with E-state index in [-0.39, 0.29) is 28.4 Å². The van der Waals surface area contributed by atoms with Crippen LogP contribution in [0.25, 0.3) is 0 Å². The van der Waals surface area contributed by atoms with Gasteiger partial charge in [0.15, 0.2) is 5.82 Å². The quantitative estimate of drug-likeness (QED) is 0.804. The van der Waals surface area contributed by atoms with Gasteiger partial charge in [0, 0.05) is 19.2 Å². The number of ether oxygens (including phenoxy) is 2. The van der Waals surface area contributed by atoms with E-state index in [1.807, 2.05) is 0 Å². The van der Waals surface area contributed by atoms with E-state index in [1.54, 1.807) is 0 Å². The van der Waals surface area contributed by atoms with E-state index in [9.17, 15) is 4.39 Å². The molecule has 2 aromatic rings. The van der Waals surface area contributed by atoms with Crippen LogP contribution in [0.15, 0.2) is 24.3 Å². The molecule has 0 unspecified atom stereocenters. The van der Waals surface area contributed by atoms with Crippen LogP contribution in [-0.4, -0.2) is 17.1 Å². The highest BCUT2D eigenvalue weighted by Gasteiger charge is 2.07. The number of hydrogen-bond acceptors (Lipinski definition) is 4. The zero-order valence-corrected chi connectivity index (χ0v) is 11.4. The first kappa shape index (κ1) is 14.0. The van der Waals surface area contributed by atoms with Gasteiger partial charge in [0.1, 0.15) is 23.3 Å². The van der Waals surface area contributed by atoms with Crippen molar-refractivity contribution in [2.45, 2.75) is 6.61 Å². The summed E-state index contributed by atoms with van der Waals surface area (Å²) in [6.45, 7) is 0.200. The van der Waals surface area contributed by atoms with Gasteiger partial charge in [-0.2, -0.15) is 4.98 Å². The fourth-order valence-electron chi connectivity index (χ4n) is 1.35. The molecule has 0 N–H and O–H groups in total. The summed E-state index contributed by atoms with van der Waals surface area (Å²) in [5, 5.41) is 0.236. The molecule has 7 heteroatoms. The summed E-state index contributed by atoms with van der Waals surface area (Å²) < 4.78 is 23.6. The fourth-order valence-corrected chi connectivity index (χ4v) is 1.66. The SMILES string of the molecule is COCc1nc(Cl)cc(Oc2ccc(Cl)c(F)c2)n1. The number of rotatable bonds is 4. The number of hydrogen-bond donors (Lipinski definition) is 0. The van der Waals surface area contributed by atoms with Crippen LogP contribution in [0.3, 0.4) is 0 Å². The van der Waals surface area contributed by atoms with E-state index >= 15 is 0 Å². The summed E-state index contributed by atoms with van der Waals surface area (Å²) in [6, 6.07) is 5.50. The average Bonchev–Trinajstić information content (AvgIpc) is 2.33. The van der Waals surface area contributed by atoms with Gasteiger partial charge >= 0.3 is 0 Å². The predicted molar refractivity (Wildman–Crippen MR) is 69.2 cm³/mol. The third-order valence-electron chi connectivity index (χ3n) is 2.10. The summed E-state index contributed by atoms with van der Waals surface area (Å²) >= 11 is 11.4. The van der Waals surface area contributed by atoms with Crippen molar-refractivity contribution in [3.8, 4) is 11.6 Å². The molecule has 4 nitrogen and oxygen atoms in total. The maximum atomic E-state index is 13.3. The van der Waals surface area contributed by atoms with Gasteiger partial charge in [-0.15, -0.1) is 0 Å². The van der Waals surface area contributed by atoms with Gasteiger partial charge in [0.05, 0.1) is 5.02 Å². The standard InChI is InChI=1S/C12H9Cl2FN2O2/c1-18-6-11-16-10(14)5-12(17-11)19-7-2-3-8(13)9(15)4-7/h2-5H,6H2,1H3. The van der Waals surface area contributed by atoms with Gasteiger partial charge in [-0.3, -0.25) is 0 Å². The molecule has 1 aromatic carbocycles. The molecule has 0 atom stereocenters. The van der Waals surface area contributed by atoms with Crippen LogP contribution in [0, 0.1) is 5.82 Å². The molecule has 0 saturated carbocycles. The van der Waals surface area contributed by atoms with Crippen molar-refractivity contribution in [1.29, 1.82) is 0 Å². The first-order valence-electron chi connectivity index (χ1n) is 5.24. The van der Waals surface area contributed by atoms with E-state index in [1.165, 1.54) is 25.3 Å². The van der Waals surface area contributed by atoms with Crippen molar-refractivity contribution >= 4 is 23.2 Å². The van der Waals surface area contributed by atoms with Crippen LogP contribution in [-0.2, 0) is 11.3 Å². The lowest BCUT2D eigenvalue weighted by molar-refractivity contribution is 0.177. The Morgan fingerprint density at radius 3 is 2.68 bits per heavy atom. The first-order valence-corrected chi connectivity index (χ1v) is 5.99. The second-order valence-corrected chi connectivity index (χ2v) is 4.35. The Labute approximate surface area is 119 Å². The van der Waals surface area contributed by atoms with Gasteiger partial charge in [-0.1, -0.05) is 23.2 Å². The van der Waals surface area contributed by atoms with Crippen molar-refractivity contribution in [3.05, 3.63) is 46.1 Å². The third-order valence-corrected chi connectivity index (χ3v) is 2.60. The number of methoxy groups -OCH3 is 1. The van der Waals surface area contributed by atoms with E-state index < -0.39 is 5.82 Å². The fraction of sp³-hybridized carbons (Fsp3) is 0.167. The molecule has 0 radical (unpaired) electrons. The van der Waals surface area contributed by atoms with E-state index in [4.69, 9.17) is 32.7 Å². The summed E-state index contributed by atoms with van der Waals surface area (Å²) in [5.41, 5.74) is 0. The predicted octanol–water partition coefficient (Wildman–Crippen LogP) is 3.86. The molecule has 0 aliphatic heterocycles. The number of benzene rings is 1. The minimum absolute atomic E-state index is 0.0214. The molecule has 0 saturated heterocycles. The van der Waals surface area contributed by atoms with Crippen molar-refractivity contribution < 1.29 is 13.9 Å². The summed E-state index contributed by atoms with van der Waals surface area (Å²) in [6.07, 6.45) is 0. The Bertz CT molecular complexity index is 596. The Balaban J connectivity index is 2.24. The zero-order chi connectivity index (χ0) is 13.8. The summed E-state index contributed by atoms with van der Waals surface area (Å²) in [5.74, 6) is 0.268. The van der Waals surface area contributed by atoms with E-state index in [2.05, 4.69) is 9.97 Å². The smallest absolute Gasteiger partial charge is 0.224 e. The minimum Gasteiger partial charge on any atom is -0.439 e. The number of aromatic nitrogens is 2. The Morgan fingerprint density at radius 1 is 1.21 bits per heavy atom. The van der Waals surface area contributed by atoms with Crippen LogP contribution in [0.4, 0.5) is 4.39 Å². The van der Waals surface area contributed by atoms with Crippen LogP contribution in [0.5, 0.6) is 11.6 Å². The highest BCUT2D eigenvalue weighted by atomic mass is 35.5. The van der Waals surface area contributed by atoms with Crippen LogP contribution in [0.1, 0.15) is 5.82 Å². The molecule has 0 aliphatic carbocycles. The highest BCUT2D eigenvalue weighted by Crippen LogP contribution is 2.25. The summed E-state index contributed by atoms with van der Waals surface area (Å²) in [7, 11) is 1.51. The van der Waals surface area contributed by atoms with Crippen LogP contribution < -0.4 is 4.74 Å². The summed E-state index contributed by atoms with van der Waals surface area (Å²) in [4.78, 5) is 8.02. The molecule has 0 fully saturated rings. The lowest BCUT2D eigenvalue weighted by atomic mass is 10.3. The Kier molecular flexibility index (Phi) is 4.52. The maximum Gasteiger partial charge on any atom is 0.224 e. The van der Waals surface area contributed by atoms with Crippen LogP contribution >= 0.6 is 23.2 Å². The molecular formula is C12H9Cl2FN2O2. The van der Waals surface area contributed by atoms with Crippen molar-refractivity contribution in [1.82, 2.24) is 9.97 Å². The molecule has 2 rings (SSSR count). The van der Waals surface area contributed by atoms with Crippen molar-refractivity contribution in [2.75, 3.05) is 7.11 Å². The van der Waals surface area contributed by atoms with Gasteiger partial charge in [-0.05, 0) is 12.1 Å². The van der Waals surface area contributed by atoms with Gasteiger partial charge in [-0.25, -0.2) is 9.37 Å². The molecule has 19 heavy (non-hydrogen) atoms. The van der Waals surface area contributed by atoms with Gasteiger partial charge in [0.25, 0.3) is 0 Å². The highest BCUT2D eigenvalue weighted by molar-refractivity contribution is 6.30. The second-order valence-electron chi connectivity index (χ2n) is 3.56. The second kappa shape index (κ2) is 6.14.